The highest BCUT2D eigenvalue weighted by Gasteiger charge is 2.65. The zero-order valence-corrected chi connectivity index (χ0v) is 37.0. The molecule has 336 valence electrons. The first-order valence-electron chi connectivity index (χ1n) is 22.1. The average molecular weight is 882 g/mol. The Kier molecular flexibility index (Phi) is 15.8. The highest BCUT2D eigenvalue weighted by molar-refractivity contribution is 7.98. The minimum Gasteiger partial charge on any atom is -0.459 e. The quantitative estimate of drug-likeness (QED) is 0.0278. The SMILES string of the molecule is C=CCO[C@@]12Oc3ccc(Oc4ccc(SC)cc4)cc3[C@H]3[C@H](CCCCO)[C@@H](CCCCO)C=C(C(=NOC4CCCCO4)C[C@@H]1N(C)C(=O)C=Cc1ccc([N+](=O)[O-])cc1)[C@H]32. The van der Waals surface area contributed by atoms with E-state index in [2.05, 4.69) is 18.7 Å². The molecule has 63 heavy (non-hydrogen) atoms. The molecule has 1 saturated heterocycles. The zero-order chi connectivity index (χ0) is 44.3. The molecule has 14 heteroatoms. The monoisotopic (exact) mass is 881 g/mol. The first-order valence-corrected chi connectivity index (χ1v) is 23.3. The molecular weight excluding hydrogens is 823 g/mol. The summed E-state index contributed by atoms with van der Waals surface area (Å²) in [4.78, 5) is 34.2. The van der Waals surface area contributed by atoms with E-state index < -0.39 is 29.0 Å². The van der Waals surface area contributed by atoms with E-state index in [-0.39, 0.29) is 55.6 Å². The number of unbranched alkanes of at least 4 members (excludes halogenated alkanes) is 2. The summed E-state index contributed by atoms with van der Waals surface area (Å²) in [6.45, 7) is 4.90. The number of aliphatic hydroxyl groups excluding tert-OH is 2. The van der Waals surface area contributed by atoms with Gasteiger partial charge in [-0.2, -0.15) is 0 Å². The number of nitro benzene ring substituents is 1. The van der Waals surface area contributed by atoms with Crippen LogP contribution in [0, 0.1) is 27.9 Å². The number of hydrogen-bond donors (Lipinski definition) is 2. The van der Waals surface area contributed by atoms with Crippen molar-refractivity contribution in [2.24, 2.45) is 22.9 Å². The summed E-state index contributed by atoms with van der Waals surface area (Å²) >= 11 is 1.66. The van der Waals surface area contributed by atoms with E-state index in [1.165, 1.54) is 18.2 Å². The number of oxime groups is 1. The van der Waals surface area contributed by atoms with Crippen LogP contribution in [0.3, 0.4) is 0 Å². The van der Waals surface area contributed by atoms with Crippen molar-refractivity contribution in [3.8, 4) is 17.2 Å². The van der Waals surface area contributed by atoms with Crippen molar-refractivity contribution in [1.82, 2.24) is 4.90 Å². The summed E-state index contributed by atoms with van der Waals surface area (Å²) in [7, 11) is 1.73. The molecule has 1 unspecified atom stereocenters. The van der Waals surface area contributed by atoms with Gasteiger partial charge in [0.15, 0.2) is 0 Å². The van der Waals surface area contributed by atoms with Gasteiger partial charge < -0.3 is 38.9 Å². The second-order valence-electron chi connectivity index (χ2n) is 16.6. The van der Waals surface area contributed by atoms with E-state index in [9.17, 15) is 25.1 Å². The Labute approximate surface area is 373 Å². The van der Waals surface area contributed by atoms with Crippen LogP contribution in [0.4, 0.5) is 5.69 Å². The Morgan fingerprint density at radius 1 is 1.03 bits per heavy atom. The second-order valence-corrected chi connectivity index (χ2v) is 17.5. The molecule has 2 fully saturated rings. The number of carbonyl (C=O) groups excluding carboxylic acids is 1. The van der Waals surface area contributed by atoms with Gasteiger partial charge in [-0.3, -0.25) is 14.9 Å². The van der Waals surface area contributed by atoms with Gasteiger partial charge in [0.1, 0.15) is 23.3 Å². The lowest BCUT2D eigenvalue weighted by atomic mass is 9.55. The number of amides is 1. The summed E-state index contributed by atoms with van der Waals surface area (Å²) in [6.07, 6.45) is 16.0. The smallest absolute Gasteiger partial charge is 0.269 e. The molecule has 2 aliphatic carbocycles. The van der Waals surface area contributed by atoms with Crippen molar-refractivity contribution < 1.29 is 43.7 Å². The number of nitro groups is 1. The minimum atomic E-state index is -1.43. The molecule has 0 aromatic heterocycles. The number of hydrogen-bond acceptors (Lipinski definition) is 12. The number of non-ortho nitro benzene ring substituents is 1. The second kappa shape index (κ2) is 21.6. The highest BCUT2D eigenvalue weighted by atomic mass is 32.2. The Hall–Kier alpha value is -4.99. The molecular formula is C49H59N3O10S. The number of aliphatic hydroxyl groups is 2. The van der Waals surface area contributed by atoms with Crippen molar-refractivity contribution in [3.05, 3.63) is 118 Å². The fourth-order valence-corrected chi connectivity index (χ4v) is 10.0. The zero-order valence-electron chi connectivity index (χ0n) is 36.1. The average Bonchev–Trinajstić information content (AvgIpc) is 3.31. The third-order valence-corrected chi connectivity index (χ3v) is 13.4. The molecule has 1 amide bonds. The third kappa shape index (κ3) is 10.5. The van der Waals surface area contributed by atoms with E-state index in [0.717, 1.165) is 54.6 Å². The van der Waals surface area contributed by atoms with Crippen molar-refractivity contribution >= 4 is 35.1 Å². The van der Waals surface area contributed by atoms with Crippen LogP contribution in [-0.4, -0.2) is 89.5 Å². The number of thioether (sulfide) groups is 1. The van der Waals surface area contributed by atoms with Gasteiger partial charge in [-0.15, -0.1) is 18.3 Å². The number of fused-ring (bicyclic) bond motifs is 2. The number of carbonyl (C=O) groups is 1. The van der Waals surface area contributed by atoms with Crippen molar-refractivity contribution in [2.75, 3.05) is 39.7 Å². The molecule has 7 rings (SSSR count). The topological polar surface area (TPSA) is 162 Å². The van der Waals surface area contributed by atoms with Crippen molar-refractivity contribution in [3.63, 3.8) is 0 Å². The van der Waals surface area contributed by atoms with Gasteiger partial charge in [0, 0.05) is 67.7 Å². The first-order chi connectivity index (χ1) is 30.7. The molecule has 0 bridgehead atoms. The first kappa shape index (κ1) is 46.0. The lowest BCUT2D eigenvalue weighted by molar-refractivity contribution is -0.384. The summed E-state index contributed by atoms with van der Waals surface area (Å²) in [5.41, 5.74) is 3.14. The predicted octanol–water partition coefficient (Wildman–Crippen LogP) is 9.44. The lowest BCUT2D eigenvalue weighted by Crippen LogP contribution is -2.69. The van der Waals surface area contributed by atoms with Crippen LogP contribution in [-0.2, 0) is 19.1 Å². The maximum absolute atomic E-state index is 14.4. The molecule has 13 nitrogen and oxygen atoms in total. The Morgan fingerprint density at radius 3 is 2.46 bits per heavy atom. The van der Waals surface area contributed by atoms with E-state index in [0.29, 0.717) is 54.4 Å². The van der Waals surface area contributed by atoms with Gasteiger partial charge in [0.25, 0.3) is 5.69 Å². The highest BCUT2D eigenvalue weighted by Crippen LogP contribution is 2.62. The Balaban J connectivity index is 1.38. The van der Waals surface area contributed by atoms with Crippen LogP contribution in [0.2, 0.25) is 0 Å². The molecule has 3 aromatic carbocycles. The molecule has 2 aliphatic heterocycles. The van der Waals surface area contributed by atoms with E-state index in [1.807, 2.05) is 42.7 Å². The lowest BCUT2D eigenvalue weighted by Gasteiger charge is -2.59. The number of allylic oxidation sites excluding steroid dienone is 1. The van der Waals surface area contributed by atoms with Gasteiger partial charge >= 0.3 is 0 Å². The van der Waals surface area contributed by atoms with Crippen LogP contribution < -0.4 is 9.47 Å². The summed E-state index contributed by atoms with van der Waals surface area (Å²) < 4.78 is 26.8. The molecule has 2 heterocycles. The number of ether oxygens (including phenoxy) is 4. The molecule has 3 aromatic rings. The number of nitrogens with zero attached hydrogens (tertiary/aromatic N) is 3. The van der Waals surface area contributed by atoms with E-state index >= 15 is 0 Å². The van der Waals surface area contributed by atoms with Gasteiger partial charge in [-0.05, 0) is 128 Å². The maximum Gasteiger partial charge on any atom is 0.269 e. The standard InChI is InChI=1S/C49H59N3O10S/c1-4-28-59-49-44(51(2)45(55)25-16-33-14-17-35(18-15-33)52(56)57)32-42(50-62-46-13-7-10-29-58-46)40-30-34(11-5-8-26-53)39(12-6-9-27-54)47(48(40)49)41-31-37(21-24-43(41)61-49)60-36-19-22-38(63-3)23-20-36/h4,14-25,30-31,34,39,44,46-48,53-54H,1,5-13,26-29,32H2,2-3H3/t34-,39+,44-,46?,47+,48+,49+/m0/s1. The molecule has 1 saturated carbocycles. The van der Waals surface area contributed by atoms with E-state index in [4.69, 9.17) is 28.9 Å². The van der Waals surface area contributed by atoms with Crippen LogP contribution in [0.15, 0.2) is 107 Å². The number of benzene rings is 3. The van der Waals surface area contributed by atoms with Crippen LogP contribution >= 0.6 is 11.8 Å². The molecule has 0 spiro atoms. The fraction of sp³-hybridized carbons (Fsp3) is 0.469. The van der Waals surface area contributed by atoms with E-state index in [1.54, 1.807) is 48.0 Å². The largest absolute Gasteiger partial charge is 0.459 e. The molecule has 0 radical (unpaired) electrons. The van der Waals surface area contributed by atoms with Crippen LogP contribution in [0.25, 0.3) is 6.08 Å². The molecule has 4 aliphatic rings. The Bertz CT molecular complexity index is 2140. The molecule has 7 atom stereocenters. The predicted molar refractivity (Wildman–Crippen MR) is 243 cm³/mol. The van der Waals surface area contributed by atoms with Gasteiger partial charge in [-0.1, -0.05) is 30.1 Å². The van der Waals surface area contributed by atoms with Crippen molar-refractivity contribution in [1.29, 1.82) is 0 Å². The van der Waals surface area contributed by atoms with Crippen molar-refractivity contribution in [2.45, 2.75) is 93.1 Å². The number of rotatable bonds is 20. The fourth-order valence-electron chi connectivity index (χ4n) is 9.63. The van der Waals surface area contributed by atoms with Gasteiger partial charge in [0.05, 0.1) is 29.8 Å². The van der Waals surface area contributed by atoms with Crippen LogP contribution in [0.1, 0.15) is 81.3 Å². The summed E-state index contributed by atoms with van der Waals surface area (Å²) in [5.74, 6) is -0.391. The number of likely N-dealkylation sites (N-methyl/N-ethyl adjacent to an activating group) is 1. The Morgan fingerprint density at radius 2 is 1.78 bits per heavy atom. The van der Waals surface area contributed by atoms with Gasteiger partial charge in [-0.25, -0.2) is 0 Å². The summed E-state index contributed by atoms with van der Waals surface area (Å²) in [6, 6.07) is 19.2. The third-order valence-electron chi connectivity index (χ3n) is 12.7. The maximum atomic E-state index is 14.4. The normalized spacial score (nSPS) is 25.7. The minimum absolute atomic E-state index is 0.0406. The summed E-state index contributed by atoms with van der Waals surface area (Å²) in [5, 5.41) is 36.1. The van der Waals surface area contributed by atoms with Gasteiger partial charge in [0.2, 0.25) is 18.0 Å². The molecule has 2 N–H and O–H groups in total. The van der Waals surface area contributed by atoms with Crippen LogP contribution in [0.5, 0.6) is 17.2 Å².